The maximum Gasteiger partial charge on any atom is 0.188 e. The molecule has 0 aliphatic carbocycles. The zero-order chi connectivity index (χ0) is 13.4. The summed E-state index contributed by atoms with van der Waals surface area (Å²) in [7, 11) is 0. The topological polar surface area (TPSA) is 17.1 Å². The zero-order valence-corrected chi connectivity index (χ0v) is 11.5. The third-order valence-electron chi connectivity index (χ3n) is 2.15. The van der Waals surface area contributed by atoms with E-state index in [4.69, 9.17) is 0 Å². The summed E-state index contributed by atoms with van der Waals surface area (Å²) in [6.07, 6.45) is 9.28. The molecule has 0 aromatic carbocycles. The van der Waals surface area contributed by atoms with Gasteiger partial charge in [0.15, 0.2) is 5.78 Å². The monoisotopic (exact) mass is 230 g/mol. The molecule has 0 aliphatic heterocycles. The highest BCUT2D eigenvalue weighted by Gasteiger charge is 2.06. The Kier molecular flexibility index (Phi) is 6.88. The van der Waals surface area contributed by atoms with Gasteiger partial charge in [-0.3, -0.25) is 4.79 Å². The smallest absolute Gasteiger partial charge is 0.188 e. The number of rotatable bonds is 5. The Morgan fingerprint density at radius 2 is 1.59 bits per heavy atom. The first-order valence-corrected chi connectivity index (χ1v) is 5.75. The summed E-state index contributed by atoms with van der Waals surface area (Å²) in [6, 6.07) is 0. The van der Waals surface area contributed by atoms with E-state index in [1.54, 1.807) is 0 Å². The molecule has 0 unspecified atom stereocenters. The van der Waals surface area contributed by atoms with Crippen molar-refractivity contribution in [3.63, 3.8) is 0 Å². The van der Waals surface area contributed by atoms with E-state index in [-0.39, 0.29) is 5.78 Å². The first kappa shape index (κ1) is 15.4. The van der Waals surface area contributed by atoms with E-state index >= 15 is 0 Å². The first-order valence-electron chi connectivity index (χ1n) is 5.75. The number of ketones is 1. The van der Waals surface area contributed by atoms with E-state index in [1.165, 1.54) is 5.57 Å². The van der Waals surface area contributed by atoms with Crippen LogP contribution >= 0.6 is 0 Å². The average Bonchev–Trinajstić information content (AvgIpc) is 2.25. The number of Topliss-reactive ketones (excluding diaryl/α,β-unsaturated/α-hetero) is 1. The van der Waals surface area contributed by atoms with Crippen LogP contribution in [-0.4, -0.2) is 5.78 Å². The summed E-state index contributed by atoms with van der Waals surface area (Å²) < 4.78 is 0. The summed E-state index contributed by atoms with van der Waals surface area (Å²) in [5, 5.41) is 0. The van der Waals surface area contributed by atoms with Gasteiger partial charge < -0.3 is 0 Å². The molecule has 0 bridgehead atoms. The van der Waals surface area contributed by atoms with Crippen LogP contribution in [0.1, 0.15) is 34.6 Å². The number of hydrogen-bond donors (Lipinski definition) is 0. The Balaban J connectivity index is 4.96. The fourth-order valence-corrected chi connectivity index (χ4v) is 1.13. The van der Waals surface area contributed by atoms with E-state index in [0.717, 1.165) is 11.1 Å². The van der Waals surface area contributed by atoms with Crippen molar-refractivity contribution in [1.29, 1.82) is 0 Å². The predicted molar refractivity (Wildman–Crippen MR) is 75.9 cm³/mol. The van der Waals surface area contributed by atoms with Crippen LogP contribution in [0.2, 0.25) is 0 Å². The van der Waals surface area contributed by atoms with Crippen molar-refractivity contribution >= 4 is 5.78 Å². The lowest BCUT2D eigenvalue weighted by molar-refractivity contribution is -0.111. The van der Waals surface area contributed by atoms with Crippen LogP contribution in [0, 0.1) is 0 Å². The van der Waals surface area contributed by atoms with Gasteiger partial charge in [-0.05, 0) is 40.2 Å². The Morgan fingerprint density at radius 3 is 2.00 bits per heavy atom. The Morgan fingerprint density at radius 1 is 1.00 bits per heavy atom. The number of allylic oxidation sites excluding steroid dienone is 9. The van der Waals surface area contributed by atoms with E-state index in [0.29, 0.717) is 5.57 Å². The van der Waals surface area contributed by atoms with Gasteiger partial charge in [-0.2, -0.15) is 0 Å². The highest BCUT2D eigenvalue weighted by atomic mass is 16.1. The Bertz CT molecular complexity index is 411. The van der Waals surface area contributed by atoms with Crippen molar-refractivity contribution in [2.75, 3.05) is 0 Å². The van der Waals surface area contributed by atoms with Crippen molar-refractivity contribution in [1.82, 2.24) is 0 Å². The van der Waals surface area contributed by atoms with Crippen LogP contribution < -0.4 is 0 Å². The van der Waals surface area contributed by atoms with Gasteiger partial charge in [0.25, 0.3) is 0 Å². The highest BCUT2D eigenvalue weighted by molar-refractivity contribution is 6.09. The SMILES string of the molecule is C=C(C)C=CC(=CC)C(=O)C(C)=CC=C(C)C. The summed E-state index contributed by atoms with van der Waals surface area (Å²) in [6.45, 7) is 13.4. The van der Waals surface area contributed by atoms with Gasteiger partial charge in [-0.25, -0.2) is 0 Å². The van der Waals surface area contributed by atoms with Gasteiger partial charge in [0, 0.05) is 5.57 Å². The minimum atomic E-state index is 0.0579. The van der Waals surface area contributed by atoms with Crippen LogP contribution in [0.5, 0.6) is 0 Å². The predicted octanol–water partition coefficient (Wildman–Crippen LogP) is 4.55. The van der Waals surface area contributed by atoms with Crippen LogP contribution in [0.15, 0.2) is 59.3 Å². The molecule has 0 saturated heterocycles. The maximum atomic E-state index is 12.1. The van der Waals surface area contributed by atoms with E-state index < -0.39 is 0 Å². The fraction of sp³-hybridized carbons (Fsp3) is 0.312. The van der Waals surface area contributed by atoms with Crippen molar-refractivity contribution in [2.45, 2.75) is 34.6 Å². The van der Waals surface area contributed by atoms with Crippen molar-refractivity contribution in [3.05, 3.63) is 59.3 Å². The minimum absolute atomic E-state index is 0.0579. The highest BCUT2D eigenvalue weighted by Crippen LogP contribution is 2.09. The summed E-state index contributed by atoms with van der Waals surface area (Å²) >= 11 is 0. The van der Waals surface area contributed by atoms with Crippen molar-refractivity contribution in [3.8, 4) is 0 Å². The molecule has 0 aromatic rings. The lowest BCUT2D eigenvalue weighted by atomic mass is 10.0. The normalized spacial score (nSPS) is 12.8. The molecule has 1 heteroatoms. The van der Waals surface area contributed by atoms with Crippen LogP contribution in [0.3, 0.4) is 0 Å². The third kappa shape index (κ3) is 6.52. The van der Waals surface area contributed by atoms with Gasteiger partial charge in [-0.15, -0.1) is 0 Å². The Labute approximate surface area is 105 Å². The molecule has 0 heterocycles. The van der Waals surface area contributed by atoms with Gasteiger partial charge in [0.2, 0.25) is 0 Å². The molecule has 0 aliphatic rings. The average molecular weight is 230 g/mol. The summed E-state index contributed by atoms with van der Waals surface area (Å²) in [5.74, 6) is 0.0579. The molecule has 17 heavy (non-hydrogen) atoms. The first-order chi connectivity index (χ1) is 7.88. The molecule has 92 valence electrons. The largest absolute Gasteiger partial charge is 0.289 e. The number of carbonyl (C=O) groups is 1. The van der Waals surface area contributed by atoms with Gasteiger partial charge in [0.05, 0.1) is 0 Å². The molecule has 0 aromatic heterocycles. The molecule has 0 atom stereocenters. The van der Waals surface area contributed by atoms with Gasteiger partial charge in [0.1, 0.15) is 0 Å². The van der Waals surface area contributed by atoms with Crippen molar-refractivity contribution < 1.29 is 4.79 Å². The quantitative estimate of drug-likeness (QED) is 0.500. The third-order valence-corrected chi connectivity index (χ3v) is 2.15. The molecule has 0 spiro atoms. The van der Waals surface area contributed by atoms with Crippen LogP contribution in [0.4, 0.5) is 0 Å². The van der Waals surface area contributed by atoms with E-state index in [1.807, 2.05) is 65.0 Å². The second kappa shape index (κ2) is 7.61. The molecule has 0 fully saturated rings. The molecule has 0 N–H and O–H groups in total. The molecule has 0 saturated carbocycles. The lowest BCUT2D eigenvalue weighted by Gasteiger charge is -2.01. The minimum Gasteiger partial charge on any atom is -0.289 e. The molecule has 0 radical (unpaired) electrons. The second-order valence-corrected chi connectivity index (χ2v) is 4.35. The number of carbonyl (C=O) groups excluding carboxylic acids is 1. The van der Waals surface area contributed by atoms with Gasteiger partial charge >= 0.3 is 0 Å². The fourth-order valence-electron chi connectivity index (χ4n) is 1.13. The maximum absolute atomic E-state index is 12.1. The van der Waals surface area contributed by atoms with E-state index in [2.05, 4.69) is 6.58 Å². The van der Waals surface area contributed by atoms with E-state index in [9.17, 15) is 4.79 Å². The molecule has 0 rings (SSSR count). The lowest BCUT2D eigenvalue weighted by Crippen LogP contribution is -2.01. The van der Waals surface area contributed by atoms with Crippen molar-refractivity contribution in [2.24, 2.45) is 0 Å². The van der Waals surface area contributed by atoms with Crippen LogP contribution in [0.25, 0.3) is 0 Å². The Hall–Kier alpha value is -1.63. The summed E-state index contributed by atoms with van der Waals surface area (Å²) in [4.78, 5) is 12.1. The second-order valence-electron chi connectivity index (χ2n) is 4.35. The van der Waals surface area contributed by atoms with Crippen LogP contribution in [-0.2, 0) is 4.79 Å². The summed E-state index contributed by atoms with van der Waals surface area (Å²) in [5.41, 5.74) is 3.55. The molecular formula is C16H22O. The van der Waals surface area contributed by atoms with Gasteiger partial charge in [-0.1, -0.05) is 48.1 Å². The molecule has 1 nitrogen and oxygen atoms in total. The number of hydrogen-bond acceptors (Lipinski definition) is 1. The molecule has 0 amide bonds. The standard InChI is InChI=1S/C16H22O/c1-7-15(11-9-13(4)5)16(17)14(6)10-8-12(2)3/h7-11H,4H2,1-3,5-6H3. The molecular weight excluding hydrogens is 208 g/mol. The zero-order valence-electron chi connectivity index (χ0n) is 11.5.